The molecule has 200 valence electrons. The van der Waals surface area contributed by atoms with E-state index in [-0.39, 0.29) is 28.9 Å². The van der Waals surface area contributed by atoms with Crippen LogP contribution in [0.25, 0.3) is 0 Å². The van der Waals surface area contributed by atoms with Crippen molar-refractivity contribution in [2.75, 3.05) is 6.54 Å². The Labute approximate surface area is 218 Å². The molecule has 0 saturated heterocycles. The summed E-state index contributed by atoms with van der Waals surface area (Å²) < 4.78 is 0. The molecule has 1 amide bonds. The van der Waals surface area contributed by atoms with Gasteiger partial charge in [-0.2, -0.15) is 0 Å². The van der Waals surface area contributed by atoms with Crippen molar-refractivity contribution in [3.8, 4) is 0 Å². The van der Waals surface area contributed by atoms with Crippen molar-refractivity contribution in [3.63, 3.8) is 0 Å². The first kappa shape index (κ1) is 26.2. The third kappa shape index (κ3) is 4.66. The second kappa shape index (κ2) is 10.4. The molecule has 0 unspecified atom stereocenters. The molecule has 0 aliphatic heterocycles. The molecule has 4 saturated carbocycles. The minimum absolute atomic E-state index is 0.0260. The van der Waals surface area contributed by atoms with Gasteiger partial charge in [-0.3, -0.25) is 4.79 Å². The molecule has 10 atom stereocenters. The Balaban J connectivity index is 1.18. The van der Waals surface area contributed by atoms with E-state index in [2.05, 4.69) is 38.2 Å². The molecular weight excluding hydrogens is 446 g/mol. The molecule has 0 spiro atoms. The zero-order valence-corrected chi connectivity index (χ0v) is 22.8. The van der Waals surface area contributed by atoms with E-state index in [0.717, 1.165) is 38.5 Å². The number of hydrogen-bond acceptors (Lipinski definition) is 3. The van der Waals surface area contributed by atoms with Crippen LogP contribution in [0.1, 0.15) is 90.5 Å². The Morgan fingerprint density at radius 1 is 1.03 bits per heavy atom. The van der Waals surface area contributed by atoms with Crippen LogP contribution in [0.3, 0.4) is 0 Å². The summed E-state index contributed by atoms with van der Waals surface area (Å²) in [6.07, 6.45) is 10.9. The minimum Gasteiger partial charge on any atom is -0.393 e. The van der Waals surface area contributed by atoms with Crippen molar-refractivity contribution in [1.82, 2.24) is 5.32 Å². The summed E-state index contributed by atoms with van der Waals surface area (Å²) in [5, 5.41) is 25.2. The zero-order valence-electron chi connectivity index (χ0n) is 22.8. The average molecular weight is 496 g/mol. The van der Waals surface area contributed by atoms with Crippen LogP contribution in [0.4, 0.5) is 0 Å². The predicted octanol–water partition coefficient (Wildman–Crippen LogP) is 5.75. The van der Waals surface area contributed by atoms with Gasteiger partial charge in [-0.15, -0.1) is 0 Å². The summed E-state index contributed by atoms with van der Waals surface area (Å²) in [5.74, 6) is 3.64. The van der Waals surface area contributed by atoms with Gasteiger partial charge in [0.15, 0.2) is 0 Å². The lowest BCUT2D eigenvalue weighted by Crippen LogP contribution is -2.58. The van der Waals surface area contributed by atoms with Crippen molar-refractivity contribution >= 4 is 5.91 Å². The summed E-state index contributed by atoms with van der Waals surface area (Å²) in [6.45, 7) is 7.90. The van der Waals surface area contributed by atoms with Crippen LogP contribution in [0.2, 0.25) is 0 Å². The smallest absolute Gasteiger partial charge is 0.220 e. The fraction of sp³-hybridized carbons (Fsp3) is 0.781. The molecule has 1 aromatic rings. The van der Waals surface area contributed by atoms with E-state index in [1.54, 1.807) is 0 Å². The van der Waals surface area contributed by atoms with Crippen LogP contribution in [-0.2, 0) is 11.2 Å². The number of fused-ring (bicyclic) bond motifs is 5. The topological polar surface area (TPSA) is 69.6 Å². The lowest BCUT2D eigenvalue weighted by Gasteiger charge is -2.62. The number of carbonyl (C=O) groups is 1. The van der Waals surface area contributed by atoms with E-state index in [0.29, 0.717) is 48.5 Å². The van der Waals surface area contributed by atoms with E-state index >= 15 is 0 Å². The average Bonchev–Trinajstić information content (AvgIpc) is 3.23. The van der Waals surface area contributed by atoms with E-state index in [1.165, 1.54) is 31.2 Å². The molecule has 0 bridgehead atoms. The third-order valence-electron chi connectivity index (χ3n) is 11.9. The predicted molar refractivity (Wildman–Crippen MR) is 144 cm³/mol. The highest BCUT2D eigenvalue weighted by molar-refractivity contribution is 5.75. The molecular formula is C32H49NO3. The number of benzene rings is 1. The maximum absolute atomic E-state index is 12.6. The quantitative estimate of drug-likeness (QED) is 0.451. The van der Waals surface area contributed by atoms with Gasteiger partial charge in [0.05, 0.1) is 12.2 Å². The molecule has 5 rings (SSSR count). The molecule has 0 aromatic heterocycles. The van der Waals surface area contributed by atoms with E-state index < -0.39 is 0 Å². The lowest BCUT2D eigenvalue weighted by atomic mass is 9.43. The summed E-state index contributed by atoms with van der Waals surface area (Å²) in [6, 6.07) is 10.3. The van der Waals surface area contributed by atoms with Crippen molar-refractivity contribution in [1.29, 1.82) is 0 Å². The van der Waals surface area contributed by atoms with Crippen molar-refractivity contribution < 1.29 is 15.0 Å². The van der Waals surface area contributed by atoms with Crippen molar-refractivity contribution in [3.05, 3.63) is 35.9 Å². The van der Waals surface area contributed by atoms with Crippen LogP contribution < -0.4 is 5.32 Å². The first-order valence-electron chi connectivity index (χ1n) is 14.9. The van der Waals surface area contributed by atoms with Gasteiger partial charge < -0.3 is 15.5 Å². The van der Waals surface area contributed by atoms with Gasteiger partial charge in [-0.1, -0.05) is 51.1 Å². The SMILES string of the molecule is C[C@H](CCC(=O)NCCc1ccccc1)[C@H]1CC[C@H]2[C@@H]3CC[C@@H]4C[C@H](O)CC[C@]4(C)[C@H]3C[C@H](O)[C@]12C. The molecule has 3 N–H and O–H groups in total. The van der Waals surface area contributed by atoms with Gasteiger partial charge in [-0.05, 0) is 116 Å². The summed E-state index contributed by atoms with van der Waals surface area (Å²) in [5.41, 5.74) is 1.52. The molecule has 4 heteroatoms. The molecule has 0 radical (unpaired) electrons. The van der Waals surface area contributed by atoms with Crippen LogP contribution in [0.5, 0.6) is 0 Å². The monoisotopic (exact) mass is 495 g/mol. The van der Waals surface area contributed by atoms with E-state index in [1.807, 2.05) is 18.2 Å². The number of nitrogens with one attached hydrogen (secondary N) is 1. The van der Waals surface area contributed by atoms with E-state index in [9.17, 15) is 15.0 Å². The van der Waals surface area contributed by atoms with Gasteiger partial charge in [-0.25, -0.2) is 0 Å². The van der Waals surface area contributed by atoms with Crippen LogP contribution >= 0.6 is 0 Å². The first-order valence-corrected chi connectivity index (χ1v) is 14.9. The Hall–Kier alpha value is -1.39. The molecule has 1 aromatic carbocycles. The van der Waals surface area contributed by atoms with Crippen molar-refractivity contribution in [2.45, 2.75) is 104 Å². The van der Waals surface area contributed by atoms with E-state index in [4.69, 9.17) is 0 Å². The van der Waals surface area contributed by atoms with Gasteiger partial charge in [0.2, 0.25) is 5.91 Å². The zero-order chi connectivity index (χ0) is 25.5. The largest absolute Gasteiger partial charge is 0.393 e. The standard InChI is InChI=1S/C32H49NO3/c1-21(9-14-30(36)33-18-16-22-7-5-4-6-8-22)26-12-13-27-25-11-10-23-19-24(34)15-17-31(23,2)28(25)20-29(35)32(26,27)3/h4-8,21,23-29,34-35H,9-20H2,1-3H3,(H,33,36)/t21-,23-,24-,25+,26-,27+,28+,29+,31+,32-/m1/s1. The molecule has 4 fully saturated rings. The molecule has 0 heterocycles. The number of hydrogen-bond donors (Lipinski definition) is 3. The maximum atomic E-state index is 12.6. The molecule has 36 heavy (non-hydrogen) atoms. The fourth-order valence-electron chi connectivity index (χ4n) is 9.80. The summed E-state index contributed by atoms with van der Waals surface area (Å²) in [4.78, 5) is 12.6. The number of carbonyl (C=O) groups excluding carboxylic acids is 1. The molecule has 4 nitrogen and oxygen atoms in total. The van der Waals surface area contributed by atoms with Crippen LogP contribution in [0, 0.1) is 46.3 Å². The highest BCUT2D eigenvalue weighted by atomic mass is 16.3. The number of rotatable bonds is 7. The Bertz CT molecular complexity index is 904. The molecule has 4 aliphatic rings. The Kier molecular flexibility index (Phi) is 7.58. The van der Waals surface area contributed by atoms with Gasteiger partial charge in [0.25, 0.3) is 0 Å². The van der Waals surface area contributed by atoms with Crippen LogP contribution in [0.15, 0.2) is 30.3 Å². The summed E-state index contributed by atoms with van der Waals surface area (Å²) in [7, 11) is 0. The highest BCUT2D eigenvalue weighted by Crippen LogP contribution is 2.68. The molecule has 4 aliphatic carbocycles. The lowest BCUT2D eigenvalue weighted by molar-refractivity contribution is -0.174. The second-order valence-electron chi connectivity index (χ2n) is 13.5. The normalized spacial score (nSPS) is 42.6. The number of aliphatic hydroxyl groups is 2. The Morgan fingerprint density at radius 2 is 1.81 bits per heavy atom. The summed E-state index contributed by atoms with van der Waals surface area (Å²) >= 11 is 0. The van der Waals surface area contributed by atoms with Gasteiger partial charge >= 0.3 is 0 Å². The number of amides is 1. The Morgan fingerprint density at radius 3 is 2.58 bits per heavy atom. The maximum Gasteiger partial charge on any atom is 0.220 e. The highest BCUT2D eigenvalue weighted by Gasteiger charge is 2.63. The minimum atomic E-state index is -0.249. The first-order chi connectivity index (χ1) is 17.2. The van der Waals surface area contributed by atoms with Crippen LogP contribution in [-0.4, -0.2) is 34.9 Å². The third-order valence-corrected chi connectivity index (χ3v) is 11.9. The number of aliphatic hydroxyl groups excluding tert-OH is 2. The second-order valence-corrected chi connectivity index (χ2v) is 13.5. The van der Waals surface area contributed by atoms with Gasteiger partial charge in [0, 0.05) is 13.0 Å². The van der Waals surface area contributed by atoms with Gasteiger partial charge in [0.1, 0.15) is 0 Å². The van der Waals surface area contributed by atoms with Crippen molar-refractivity contribution in [2.24, 2.45) is 46.3 Å². The fourth-order valence-corrected chi connectivity index (χ4v) is 9.80.